The molecule has 0 unspecified atom stereocenters. The molecule has 0 amide bonds. The summed E-state index contributed by atoms with van der Waals surface area (Å²) in [6.07, 6.45) is 0. The van der Waals surface area contributed by atoms with Gasteiger partial charge in [0.1, 0.15) is 0 Å². The van der Waals surface area contributed by atoms with E-state index in [1.54, 1.807) is 0 Å². The van der Waals surface area contributed by atoms with Crippen LogP contribution < -0.4 is 20.6 Å². The average Bonchev–Trinajstić information content (AvgIpc) is 3.92. The van der Waals surface area contributed by atoms with Crippen molar-refractivity contribution in [1.82, 2.24) is 0 Å². The zero-order chi connectivity index (χ0) is 48.3. The summed E-state index contributed by atoms with van der Waals surface area (Å²) in [5, 5.41) is 2.60. The van der Waals surface area contributed by atoms with Crippen molar-refractivity contribution in [1.29, 1.82) is 0 Å². The fourth-order valence-corrected chi connectivity index (χ4v) is 14.9. The van der Waals surface area contributed by atoms with Crippen LogP contribution in [-0.2, 0) is 16.2 Å². The molecule has 0 N–H and O–H groups in total. The quantitative estimate of drug-likeness (QED) is 0.162. The molecule has 0 fully saturated rings. The van der Waals surface area contributed by atoms with E-state index in [2.05, 4.69) is 263 Å². The van der Waals surface area contributed by atoms with Gasteiger partial charge in [0.05, 0.1) is 16.8 Å². The topological polar surface area (TPSA) is 6.48 Å². The zero-order valence-corrected chi connectivity index (χ0v) is 42.0. The van der Waals surface area contributed by atoms with Crippen molar-refractivity contribution in [3.8, 4) is 33.4 Å². The Kier molecular flexibility index (Phi) is 8.61. The first kappa shape index (κ1) is 41.8. The number of para-hydroxylation sites is 2. The number of fused-ring (bicyclic) bond motifs is 14. The van der Waals surface area contributed by atoms with Crippen LogP contribution in [0.2, 0.25) is 0 Å². The molecule has 72 heavy (non-hydrogen) atoms. The highest BCUT2D eigenvalue weighted by atomic mass is 32.1. The van der Waals surface area contributed by atoms with Crippen molar-refractivity contribution in [3.63, 3.8) is 0 Å². The van der Waals surface area contributed by atoms with Crippen molar-refractivity contribution >= 4 is 77.7 Å². The maximum Gasteiger partial charge on any atom is 0.333 e. The third-order valence-corrected chi connectivity index (χ3v) is 18.1. The van der Waals surface area contributed by atoms with Crippen LogP contribution in [0.15, 0.2) is 218 Å². The number of thiophene rings is 1. The van der Waals surface area contributed by atoms with Crippen LogP contribution in [0, 0.1) is 0 Å². The van der Waals surface area contributed by atoms with E-state index in [-0.39, 0.29) is 17.7 Å². The molecule has 0 saturated carbocycles. The van der Waals surface area contributed by atoms with Crippen LogP contribution in [0.25, 0.3) is 53.6 Å². The van der Waals surface area contributed by atoms with Gasteiger partial charge in [-0.2, -0.15) is 0 Å². The van der Waals surface area contributed by atoms with Gasteiger partial charge in [-0.25, -0.2) is 0 Å². The van der Waals surface area contributed by atoms with E-state index in [0.29, 0.717) is 0 Å². The molecule has 4 heterocycles. The summed E-state index contributed by atoms with van der Waals surface area (Å²) in [7, 11) is 0. The molecule has 342 valence electrons. The van der Waals surface area contributed by atoms with Gasteiger partial charge in [-0.05, 0) is 96.7 Å². The van der Waals surface area contributed by atoms with Crippen LogP contribution in [0.5, 0.6) is 0 Å². The van der Waals surface area contributed by atoms with Gasteiger partial charge in [0, 0.05) is 64.9 Å². The molecule has 4 heteroatoms. The highest BCUT2D eigenvalue weighted by molar-refractivity contribution is 7.26. The molecular weight excluding hydrogens is 888 g/mol. The van der Waals surface area contributed by atoms with E-state index in [4.69, 9.17) is 0 Å². The first-order chi connectivity index (χ1) is 35.2. The van der Waals surface area contributed by atoms with Gasteiger partial charge in [-0.15, -0.1) is 11.3 Å². The molecule has 0 atom stereocenters. The standard InChI is InChI=1S/C68H51BN2S/c1-66(2,3)45-36-39-56(49(40-45)42-22-9-6-10-23-42)70-58-41-50-46-28-16-20-35-59(46)72-65(50)61-48-30-21-33-54-63(48)71(57-34-19-18-32-52(57)68(54,43-24-11-7-12-25-43)44-26-13-8-14-27-44)69(62(58)61)55-38-37-53-60(64(55)70)47-29-15-17-31-51(47)67(53,4)5/h6-41H,1-5H3. The molecule has 1 aliphatic carbocycles. The van der Waals surface area contributed by atoms with E-state index in [1.165, 1.54) is 132 Å². The number of hydrogen-bond donors (Lipinski definition) is 0. The Balaban J connectivity index is 1.16. The molecule has 0 bridgehead atoms. The van der Waals surface area contributed by atoms with Crippen molar-refractivity contribution in [2.24, 2.45) is 0 Å². The van der Waals surface area contributed by atoms with Gasteiger partial charge >= 0.3 is 6.85 Å². The maximum absolute atomic E-state index is 2.78. The molecule has 3 aliphatic heterocycles. The molecule has 2 nitrogen and oxygen atoms in total. The SMILES string of the molecule is CC(C)(C)c1ccc(N2c3cc4c(sc5ccccc54)c4c3B(c3ccc5c(c32)-c2ccccc2C5(C)C)N2c3ccccc3C(c3ccccc3)(c3ccccc3)c3cccc-4c32)c(-c2ccccc2)c1. The summed E-state index contributed by atoms with van der Waals surface area (Å²) in [5.41, 5.74) is 25.0. The molecule has 0 spiro atoms. The Morgan fingerprint density at radius 2 is 1.10 bits per heavy atom. The second kappa shape index (κ2) is 14.8. The van der Waals surface area contributed by atoms with E-state index in [1.807, 2.05) is 11.3 Å². The molecule has 10 aromatic carbocycles. The zero-order valence-electron chi connectivity index (χ0n) is 41.2. The van der Waals surface area contributed by atoms with Gasteiger partial charge < -0.3 is 9.71 Å². The van der Waals surface area contributed by atoms with E-state index in [0.717, 1.165) is 0 Å². The molecule has 4 aliphatic rings. The summed E-state index contributed by atoms with van der Waals surface area (Å²) in [5.74, 6) is 0. The van der Waals surface area contributed by atoms with E-state index >= 15 is 0 Å². The van der Waals surface area contributed by atoms with Crippen molar-refractivity contribution in [2.75, 3.05) is 9.71 Å². The lowest BCUT2D eigenvalue weighted by molar-refractivity contribution is 0.590. The summed E-state index contributed by atoms with van der Waals surface area (Å²) in [6, 6.07) is 83.5. The highest BCUT2D eigenvalue weighted by Crippen LogP contribution is 2.63. The maximum atomic E-state index is 2.78. The average molecular weight is 939 g/mol. The Hall–Kier alpha value is -7.92. The Labute approximate surface area is 426 Å². The molecule has 11 aromatic rings. The number of hydrogen-bond acceptors (Lipinski definition) is 3. The van der Waals surface area contributed by atoms with Crippen molar-refractivity contribution < 1.29 is 0 Å². The van der Waals surface area contributed by atoms with Crippen molar-refractivity contribution in [3.05, 3.63) is 257 Å². The smallest absolute Gasteiger partial charge is 0.333 e. The second-order valence-electron chi connectivity index (χ2n) is 21.9. The minimum atomic E-state index is -0.598. The first-order valence-electron chi connectivity index (χ1n) is 25.5. The summed E-state index contributed by atoms with van der Waals surface area (Å²) >= 11 is 1.95. The summed E-state index contributed by atoms with van der Waals surface area (Å²) < 4.78 is 2.66. The number of benzene rings is 10. The normalized spacial score (nSPS) is 15.2. The lowest BCUT2D eigenvalue weighted by Gasteiger charge is -2.53. The van der Waals surface area contributed by atoms with Gasteiger partial charge in [0.15, 0.2) is 0 Å². The third-order valence-electron chi connectivity index (χ3n) is 16.8. The van der Waals surface area contributed by atoms with Crippen LogP contribution in [0.4, 0.5) is 28.4 Å². The van der Waals surface area contributed by atoms with Gasteiger partial charge in [0.25, 0.3) is 0 Å². The Morgan fingerprint density at radius 1 is 0.458 bits per heavy atom. The highest BCUT2D eigenvalue weighted by Gasteiger charge is 2.55. The lowest BCUT2D eigenvalue weighted by Crippen LogP contribution is -2.63. The first-order valence-corrected chi connectivity index (χ1v) is 26.4. The molecule has 0 saturated heterocycles. The molecule has 15 rings (SSSR count). The fraction of sp³-hybridized carbons (Fsp3) is 0.118. The van der Waals surface area contributed by atoms with Crippen LogP contribution in [-0.4, -0.2) is 6.85 Å². The predicted molar refractivity (Wildman–Crippen MR) is 307 cm³/mol. The lowest BCUT2D eigenvalue weighted by atomic mass is 9.41. The predicted octanol–water partition coefficient (Wildman–Crippen LogP) is 16.7. The Bertz CT molecular complexity index is 4030. The van der Waals surface area contributed by atoms with Crippen LogP contribution in [0.1, 0.15) is 73.6 Å². The molecule has 1 aromatic heterocycles. The minimum Gasteiger partial charge on any atom is -0.376 e. The van der Waals surface area contributed by atoms with E-state index in [9.17, 15) is 0 Å². The van der Waals surface area contributed by atoms with Crippen LogP contribution >= 0.6 is 11.3 Å². The van der Waals surface area contributed by atoms with Crippen molar-refractivity contribution in [2.45, 2.75) is 50.9 Å². The second-order valence-corrected chi connectivity index (χ2v) is 23.0. The van der Waals surface area contributed by atoms with Gasteiger partial charge in [0.2, 0.25) is 0 Å². The van der Waals surface area contributed by atoms with Crippen LogP contribution in [0.3, 0.4) is 0 Å². The van der Waals surface area contributed by atoms with Gasteiger partial charge in [-0.1, -0.05) is 223 Å². The van der Waals surface area contributed by atoms with Gasteiger partial charge in [-0.3, -0.25) is 0 Å². The minimum absolute atomic E-state index is 0.0529. The molecular formula is C68H51BN2S. The molecule has 0 radical (unpaired) electrons. The largest absolute Gasteiger partial charge is 0.376 e. The van der Waals surface area contributed by atoms with E-state index < -0.39 is 5.41 Å². The number of rotatable bonds is 4. The Morgan fingerprint density at radius 3 is 1.85 bits per heavy atom. The fourth-order valence-electron chi connectivity index (χ4n) is 13.7. The third kappa shape index (κ3) is 5.40. The summed E-state index contributed by atoms with van der Waals surface area (Å²) in [6.45, 7) is 11.7. The number of anilines is 5. The monoisotopic (exact) mass is 938 g/mol. The summed E-state index contributed by atoms with van der Waals surface area (Å²) in [4.78, 5) is 5.51. The number of nitrogens with zero attached hydrogens (tertiary/aromatic N) is 2.